The van der Waals surface area contributed by atoms with Crippen molar-refractivity contribution in [3.63, 3.8) is 0 Å². The molecular formula is C22H26N2O5. The first-order chi connectivity index (χ1) is 14.0. The van der Waals surface area contributed by atoms with E-state index in [0.717, 1.165) is 24.5 Å². The van der Waals surface area contributed by atoms with Crippen LogP contribution in [0.25, 0.3) is 0 Å². The molecule has 2 atom stereocenters. The van der Waals surface area contributed by atoms with Gasteiger partial charge in [0, 0.05) is 36.9 Å². The van der Waals surface area contributed by atoms with E-state index in [0.29, 0.717) is 30.6 Å². The molecule has 1 fully saturated rings. The van der Waals surface area contributed by atoms with Gasteiger partial charge in [-0.3, -0.25) is 0 Å². The van der Waals surface area contributed by atoms with Crippen molar-refractivity contribution in [2.24, 2.45) is 5.92 Å². The zero-order valence-corrected chi connectivity index (χ0v) is 16.3. The molecule has 1 saturated heterocycles. The fourth-order valence-corrected chi connectivity index (χ4v) is 3.11. The fraction of sp³-hybridized carbons (Fsp3) is 0.318. The van der Waals surface area contributed by atoms with Gasteiger partial charge in [0.2, 0.25) is 5.88 Å². The number of ether oxygens (including phenoxy) is 1. The van der Waals surface area contributed by atoms with E-state index in [1.165, 1.54) is 12.0 Å². The zero-order valence-electron chi connectivity index (χ0n) is 16.3. The Hall–Kier alpha value is -3.19. The second-order valence-electron chi connectivity index (χ2n) is 6.76. The molecule has 0 bridgehead atoms. The number of hydrogen-bond donors (Lipinski definition) is 3. The molecule has 7 heteroatoms. The van der Waals surface area contributed by atoms with Gasteiger partial charge in [-0.2, -0.15) is 0 Å². The van der Waals surface area contributed by atoms with Crippen LogP contribution in [0.15, 0.2) is 60.8 Å². The predicted molar refractivity (Wildman–Crippen MR) is 109 cm³/mol. The summed E-state index contributed by atoms with van der Waals surface area (Å²) in [4.78, 5) is 23.4. The molecule has 0 amide bonds. The number of piperidine rings is 1. The van der Waals surface area contributed by atoms with E-state index in [9.17, 15) is 9.59 Å². The van der Waals surface area contributed by atoms with Crippen LogP contribution in [-0.4, -0.2) is 46.8 Å². The molecule has 2 aromatic rings. The summed E-state index contributed by atoms with van der Waals surface area (Å²) in [6.07, 6.45) is 4.13. The van der Waals surface area contributed by atoms with Gasteiger partial charge in [0.15, 0.2) is 0 Å². The van der Waals surface area contributed by atoms with Gasteiger partial charge in [-0.1, -0.05) is 36.4 Å². The van der Waals surface area contributed by atoms with Crippen LogP contribution in [-0.2, 0) is 9.59 Å². The third-order valence-electron chi connectivity index (χ3n) is 4.53. The minimum absolute atomic E-state index is 0.490. The van der Waals surface area contributed by atoms with Crippen LogP contribution in [0.1, 0.15) is 23.5 Å². The number of carboxylic acids is 2. The summed E-state index contributed by atoms with van der Waals surface area (Å²) in [6, 6.07) is 14.8. The van der Waals surface area contributed by atoms with Crippen LogP contribution in [0, 0.1) is 12.8 Å². The number of aryl methyl sites for hydroxylation is 1. The zero-order chi connectivity index (χ0) is 21.1. The fourth-order valence-electron chi connectivity index (χ4n) is 3.11. The normalized spacial score (nSPS) is 18.5. The Morgan fingerprint density at radius 3 is 2.41 bits per heavy atom. The lowest BCUT2D eigenvalue weighted by Crippen LogP contribution is -2.38. The smallest absolute Gasteiger partial charge is 0.328 e. The first-order valence-electron chi connectivity index (χ1n) is 9.40. The Balaban J connectivity index is 0.000000321. The first-order valence-corrected chi connectivity index (χ1v) is 9.40. The molecule has 1 aliphatic heterocycles. The van der Waals surface area contributed by atoms with Crippen molar-refractivity contribution in [3.8, 4) is 5.88 Å². The van der Waals surface area contributed by atoms with Crippen LogP contribution in [0.4, 0.5) is 0 Å². The second-order valence-corrected chi connectivity index (χ2v) is 6.76. The monoisotopic (exact) mass is 398 g/mol. The topological polar surface area (TPSA) is 109 Å². The van der Waals surface area contributed by atoms with Crippen molar-refractivity contribution >= 4 is 11.9 Å². The third kappa shape index (κ3) is 8.15. The summed E-state index contributed by atoms with van der Waals surface area (Å²) in [5, 5.41) is 19.1. The number of aliphatic carboxylic acids is 2. The Labute approximate surface area is 170 Å². The average molecular weight is 398 g/mol. The van der Waals surface area contributed by atoms with Crippen LogP contribution >= 0.6 is 0 Å². The molecule has 0 unspecified atom stereocenters. The van der Waals surface area contributed by atoms with Crippen molar-refractivity contribution in [2.75, 3.05) is 19.7 Å². The number of pyridine rings is 1. The van der Waals surface area contributed by atoms with Crippen molar-refractivity contribution in [1.82, 2.24) is 10.3 Å². The molecule has 3 rings (SSSR count). The maximum atomic E-state index is 9.55. The number of carboxylic acid groups (broad SMARTS) is 2. The minimum Gasteiger partial charge on any atom is -0.478 e. The van der Waals surface area contributed by atoms with Gasteiger partial charge in [-0.05, 0) is 36.9 Å². The summed E-state index contributed by atoms with van der Waals surface area (Å²) in [5.74, 6) is -0.736. The lowest BCUT2D eigenvalue weighted by molar-refractivity contribution is -0.134. The molecule has 29 heavy (non-hydrogen) atoms. The molecule has 0 saturated carbocycles. The largest absolute Gasteiger partial charge is 0.478 e. The average Bonchev–Trinajstić information content (AvgIpc) is 2.73. The Kier molecular flexibility index (Phi) is 8.85. The van der Waals surface area contributed by atoms with E-state index in [-0.39, 0.29) is 0 Å². The second kappa shape index (κ2) is 11.6. The van der Waals surface area contributed by atoms with E-state index >= 15 is 0 Å². The van der Waals surface area contributed by atoms with Gasteiger partial charge < -0.3 is 20.3 Å². The summed E-state index contributed by atoms with van der Waals surface area (Å²) >= 11 is 0. The van der Waals surface area contributed by atoms with Crippen molar-refractivity contribution in [2.45, 2.75) is 19.3 Å². The SMILES string of the molecule is Cc1ccc(OC[C@H]2CNCC[C@@H]2c2ccccc2)nc1.O=C(O)/C=C/C(=O)O. The van der Waals surface area contributed by atoms with Crippen molar-refractivity contribution in [1.29, 1.82) is 0 Å². The quantitative estimate of drug-likeness (QED) is 0.642. The van der Waals surface area contributed by atoms with Gasteiger partial charge >= 0.3 is 11.9 Å². The minimum atomic E-state index is -1.26. The van der Waals surface area contributed by atoms with E-state index < -0.39 is 11.9 Å². The molecule has 0 aliphatic carbocycles. The van der Waals surface area contributed by atoms with E-state index in [4.69, 9.17) is 14.9 Å². The molecule has 0 spiro atoms. The summed E-state index contributed by atoms with van der Waals surface area (Å²) in [6.45, 7) is 4.83. The Morgan fingerprint density at radius 1 is 1.14 bits per heavy atom. The van der Waals surface area contributed by atoms with Crippen LogP contribution in [0.3, 0.4) is 0 Å². The molecule has 7 nitrogen and oxygen atoms in total. The molecule has 1 aromatic carbocycles. The molecule has 0 radical (unpaired) electrons. The van der Waals surface area contributed by atoms with E-state index in [2.05, 4.69) is 40.6 Å². The highest BCUT2D eigenvalue weighted by Gasteiger charge is 2.26. The predicted octanol–water partition coefficient (Wildman–Crippen LogP) is 2.87. The lowest BCUT2D eigenvalue weighted by Gasteiger charge is -2.32. The number of rotatable bonds is 6. The Bertz CT molecular complexity index is 790. The number of aromatic nitrogens is 1. The molecule has 2 heterocycles. The lowest BCUT2D eigenvalue weighted by atomic mass is 9.81. The Morgan fingerprint density at radius 2 is 1.83 bits per heavy atom. The standard InChI is InChI=1S/C18H22N2O.C4H4O4/c1-14-7-8-18(20-11-14)21-13-16-12-19-10-9-17(16)15-5-3-2-4-6-15;5-3(6)1-2-4(7)8/h2-8,11,16-17,19H,9-10,12-13H2,1H3;1-2H,(H,5,6)(H,7,8)/b;2-1+/t16-,17-;/m1./s1. The maximum absolute atomic E-state index is 9.55. The van der Waals surface area contributed by atoms with E-state index in [1.807, 2.05) is 25.3 Å². The summed E-state index contributed by atoms with van der Waals surface area (Å²) in [5.41, 5.74) is 2.58. The van der Waals surface area contributed by atoms with Crippen molar-refractivity contribution in [3.05, 3.63) is 71.9 Å². The van der Waals surface area contributed by atoms with Crippen LogP contribution in [0.2, 0.25) is 0 Å². The number of nitrogens with one attached hydrogen (secondary N) is 1. The third-order valence-corrected chi connectivity index (χ3v) is 4.53. The number of nitrogens with zero attached hydrogens (tertiary/aromatic N) is 1. The number of hydrogen-bond acceptors (Lipinski definition) is 5. The number of carbonyl (C=O) groups is 2. The molecule has 3 N–H and O–H groups in total. The van der Waals surface area contributed by atoms with E-state index in [1.54, 1.807) is 0 Å². The van der Waals surface area contributed by atoms with Crippen LogP contribution < -0.4 is 10.1 Å². The summed E-state index contributed by atoms with van der Waals surface area (Å²) in [7, 11) is 0. The van der Waals surface area contributed by atoms with Gasteiger partial charge in [0.1, 0.15) is 0 Å². The molecule has 154 valence electrons. The maximum Gasteiger partial charge on any atom is 0.328 e. The van der Waals surface area contributed by atoms with Gasteiger partial charge in [0.25, 0.3) is 0 Å². The highest BCUT2D eigenvalue weighted by molar-refractivity contribution is 5.89. The summed E-state index contributed by atoms with van der Waals surface area (Å²) < 4.78 is 5.90. The van der Waals surface area contributed by atoms with Gasteiger partial charge in [-0.15, -0.1) is 0 Å². The van der Waals surface area contributed by atoms with Gasteiger partial charge in [0.05, 0.1) is 6.61 Å². The van der Waals surface area contributed by atoms with Crippen LogP contribution in [0.5, 0.6) is 5.88 Å². The highest BCUT2D eigenvalue weighted by Crippen LogP contribution is 2.30. The highest BCUT2D eigenvalue weighted by atomic mass is 16.5. The molecular weight excluding hydrogens is 372 g/mol. The molecule has 1 aliphatic rings. The molecule has 1 aromatic heterocycles. The first kappa shape index (κ1) is 22.1. The number of benzene rings is 1. The van der Waals surface area contributed by atoms with Gasteiger partial charge in [-0.25, -0.2) is 14.6 Å². The van der Waals surface area contributed by atoms with Crippen molar-refractivity contribution < 1.29 is 24.5 Å².